The Balaban J connectivity index is 0.00000729. The fraction of sp³-hybridized carbons (Fsp3) is 0.419. The number of carbonyl (C=O) groups is 1. The number of carbonyl (C=O) groups excluding carboxylic acids is 1. The van der Waals surface area contributed by atoms with Crippen LogP contribution >= 0.6 is 7.26 Å². The molecule has 280 valence electrons. The molecule has 0 aliphatic heterocycles. The molecule has 1 amide bonds. The number of non-ortho nitro benzene ring substituents is 1. The van der Waals surface area contributed by atoms with E-state index in [1.807, 2.05) is 0 Å². The summed E-state index contributed by atoms with van der Waals surface area (Å²) in [6.07, 6.45) is 15.9. The number of aliphatic hydroxyl groups is 2. The van der Waals surface area contributed by atoms with Crippen molar-refractivity contribution >= 4 is 34.8 Å². The van der Waals surface area contributed by atoms with Gasteiger partial charge in [-0.1, -0.05) is 119 Å². The molecule has 52 heavy (non-hydrogen) atoms. The highest BCUT2D eigenvalue weighted by Gasteiger charge is 2.44. The molecule has 0 heterocycles. The minimum absolute atomic E-state index is 0. The fourth-order valence-electron chi connectivity index (χ4n) is 6.99. The second-order valence-electron chi connectivity index (χ2n) is 13.5. The summed E-state index contributed by atoms with van der Waals surface area (Å²) >= 11 is 0. The zero-order valence-electron chi connectivity index (χ0n) is 30.3. The van der Waals surface area contributed by atoms with Gasteiger partial charge in [0, 0.05) is 18.6 Å². The first kappa shape index (κ1) is 43.0. The van der Waals surface area contributed by atoms with E-state index in [0.717, 1.165) is 19.3 Å². The van der Waals surface area contributed by atoms with Crippen LogP contribution in [0.15, 0.2) is 115 Å². The van der Waals surface area contributed by atoms with E-state index in [1.165, 1.54) is 111 Å². The molecule has 0 fully saturated rings. The molecule has 0 bridgehead atoms. The van der Waals surface area contributed by atoms with Crippen LogP contribution in [-0.2, 0) is 4.79 Å². The highest BCUT2D eigenvalue weighted by atomic mass is 79.9. The van der Waals surface area contributed by atoms with Gasteiger partial charge in [0.1, 0.15) is 29.3 Å². The molecule has 0 radical (unpaired) electrons. The molecule has 3 N–H and O–H groups in total. The molecule has 0 aliphatic carbocycles. The monoisotopic (exact) mass is 790 g/mol. The van der Waals surface area contributed by atoms with Gasteiger partial charge in [-0.3, -0.25) is 14.9 Å². The lowest BCUT2D eigenvalue weighted by molar-refractivity contribution is -0.384. The number of hydrogen-bond donors (Lipinski definition) is 3. The molecular formula is C43H56BrN2O5P. The molecule has 0 saturated heterocycles. The van der Waals surface area contributed by atoms with Gasteiger partial charge in [0.05, 0.1) is 23.7 Å². The second kappa shape index (κ2) is 24.0. The lowest BCUT2D eigenvalue weighted by atomic mass is 10.0. The van der Waals surface area contributed by atoms with Gasteiger partial charge in [0.25, 0.3) is 5.69 Å². The summed E-state index contributed by atoms with van der Waals surface area (Å²) in [5.41, 5.74) is 0.327. The van der Waals surface area contributed by atoms with E-state index < -0.39 is 30.9 Å². The molecule has 4 aromatic carbocycles. The zero-order valence-corrected chi connectivity index (χ0v) is 32.8. The summed E-state index contributed by atoms with van der Waals surface area (Å²) in [5.74, 6) is -0.209. The van der Waals surface area contributed by atoms with Crippen LogP contribution in [0, 0.1) is 10.1 Å². The lowest BCUT2D eigenvalue weighted by Crippen LogP contribution is -3.00. The van der Waals surface area contributed by atoms with Crippen LogP contribution in [-0.4, -0.2) is 39.9 Å². The maximum Gasteiger partial charge on any atom is 0.269 e. The molecule has 4 aromatic rings. The number of unbranched alkanes of at least 4 members (excludes halogenated alkanes) is 12. The molecule has 7 nitrogen and oxygen atoms in total. The van der Waals surface area contributed by atoms with Crippen molar-refractivity contribution in [3.63, 3.8) is 0 Å². The Morgan fingerprint density at radius 2 is 1.00 bits per heavy atom. The lowest BCUT2D eigenvalue weighted by Gasteiger charge is -2.27. The van der Waals surface area contributed by atoms with Crippen LogP contribution in [0.1, 0.15) is 102 Å². The van der Waals surface area contributed by atoms with Crippen molar-refractivity contribution in [3.8, 4) is 0 Å². The molecule has 0 aromatic heterocycles. The smallest absolute Gasteiger partial charge is 0.269 e. The van der Waals surface area contributed by atoms with Gasteiger partial charge in [0.15, 0.2) is 0 Å². The van der Waals surface area contributed by atoms with Crippen molar-refractivity contribution in [1.29, 1.82) is 0 Å². The summed E-state index contributed by atoms with van der Waals surface area (Å²) in [5, 5.41) is 38.2. The topological polar surface area (TPSA) is 113 Å². The number of halogens is 1. The average Bonchev–Trinajstić information content (AvgIpc) is 3.17. The van der Waals surface area contributed by atoms with Gasteiger partial charge >= 0.3 is 0 Å². The van der Waals surface area contributed by atoms with E-state index in [4.69, 9.17) is 0 Å². The van der Waals surface area contributed by atoms with Crippen LogP contribution in [0.5, 0.6) is 0 Å². The molecule has 2 atom stereocenters. The predicted octanol–water partition coefficient (Wildman–Crippen LogP) is 5.56. The van der Waals surface area contributed by atoms with Gasteiger partial charge in [0.2, 0.25) is 5.91 Å². The average molecular weight is 792 g/mol. The third-order valence-corrected chi connectivity index (χ3v) is 14.4. The summed E-state index contributed by atoms with van der Waals surface area (Å²) in [6.45, 7) is -0.427. The number of amides is 1. The van der Waals surface area contributed by atoms with E-state index in [9.17, 15) is 25.1 Å². The van der Waals surface area contributed by atoms with Crippen LogP contribution in [0.2, 0.25) is 0 Å². The zero-order chi connectivity index (χ0) is 36.2. The minimum atomic E-state index is -1.72. The molecule has 0 aliphatic rings. The standard InChI is InChI=1S/C43H55N2O5P.BrH/c46-35-41(43(48)36-30-32-37(33-31-36)45(49)50)44-42(47)29-21-10-8-6-4-2-1-3-5-7-9-11-22-34-51(38-23-15-12-16-24-38,39-25-17-13-18-26-39)40-27-19-14-20-28-40;/h12-20,23-28,30-33,41,43,46,48H,1-11,21-22,29,34-35H2;1H. The van der Waals surface area contributed by atoms with E-state index >= 15 is 0 Å². The van der Waals surface area contributed by atoms with Gasteiger partial charge in [-0.05, 0) is 73.4 Å². The maximum absolute atomic E-state index is 12.4. The van der Waals surface area contributed by atoms with E-state index in [-0.39, 0.29) is 28.6 Å². The Hall–Kier alpha value is -3.42. The molecule has 2 unspecified atom stereocenters. The SMILES string of the molecule is O=C(CCCCCCCCCCCCCCC[P+](c1ccccc1)(c1ccccc1)c1ccccc1)NC(CO)C(O)c1ccc([N+](=O)[O-])cc1.[Br-]. The van der Waals surface area contributed by atoms with Gasteiger partial charge in [-0.25, -0.2) is 0 Å². The van der Waals surface area contributed by atoms with Crippen molar-refractivity contribution in [2.45, 2.75) is 102 Å². The Bertz CT molecular complexity index is 1460. The fourth-order valence-corrected chi connectivity index (χ4v) is 11.4. The van der Waals surface area contributed by atoms with Gasteiger partial charge in [-0.2, -0.15) is 0 Å². The van der Waals surface area contributed by atoms with Gasteiger partial charge in [-0.15, -0.1) is 0 Å². The van der Waals surface area contributed by atoms with E-state index in [1.54, 1.807) is 0 Å². The summed E-state index contributed by atoms with van der Waals surface area (Å²) < 4.78 is 0. The van der Waals surface area contributed by atoms with Crippen LogP contribution in [0.4, 0.5) is 5.69 Å². The summed E-state index contributed by atoms with van der Waals surface area (Å²) in [6, 6.07) is 38.2. The first-order valence-corrected chi connectivity index (χ1v) is 20.8. The first-order chi connectivity index (χ1) is 25.0. The summed E-state index contributed by atoms with van der Waals surface area (Å²) in [4.78, 5) is 22.7. The van der Waals surface area contributed by atoms with Gasteiger partial charge < -0.3 is 32.5 Å². The van der Waals surface area contributed by atoms with Crippen molar-refractivity contribution in [1.82, 2.24) is 5.32 Å². The molecule has 0 saturated carbocycles. The number of rotatable bonds is 24. The van der Waals surface area contributed by atoms with E-state index in [0.29, 0.717) is 12.0 Å². The second-order valence-corrected chi connectivity index (χ2v) is 17.2. The van der Waals surface area contributed by atoms with E-state index in [2.05, 4.69) is 96.3 Å². The highest BCUT2D eigenvalue weighted by Crippen LogP contribution is 2.56. The van der Waals surface area contributed by atoms with Crippen molar-refractivity contribution in [2.24, 2.45) is 0 Å². The Labute approximate surface area is 321 Å². The largest absolute Gasteiger partial charge is 1.00 e. The highest BCUT2D eigenvalue weighted by molar-refractivity contribution is 7.95. The quantitative estimate of drug-likeness (QED) is 0.0373. The van der Waals surface area contributed by atoms with Crippen molar-refractivity contribution in [3.05, 3.63) is 131 Å². The normalized spacial score (nSPS) is 12.4. The Morgan fingerprint density at radius 3 is 1.38 bits per heavy atom. The number of nitro groups is 1. The molecule has 0 spiro atoms. The summed E-state index contributed by atoms with van der Waals surface area (Å²) in [7, 11) is -1.72. The number of nitrogens with one attached hydrogen (secondary N) is 1. The first-order valence-electron chi connectivity index (χ1n) is 18.8. The third-order valence-electron chi connectivity index (χ3n) is 9.86. The number of hydrogen-bond acceptors (Lipinski definition) is 5. The number of benzene rings is 4. The molecule has 9 heteroatoms. The third kappa shape index (κ3) is 13.2. The molecular weight excluding hydrogens is 735 g/mol. The number of aliphatic hydroxyl groups excluding tert-OH is 2. The Morgan fingerprint density at radius 1 is 0.615 bits per heavy atom. The van der Waals surface area contributed by atoms with Crippen molar-refractivity contribution < 1.29 is 36.9 Å². The predicted molar refractivity (Wildman–Crippen MR) is 212 cm³/mol. The van der Waals surface area contributed by atoms with Crippen LogP contribution < -0.4 is 38.2 Å². The number of nitrogens with zero attached hydrogens (tertiary/aromatic N) is 1. The van der Waals surface area contributed by atoms with Crippen molar-refractivity contribution in [2.75, 3.05) is 12.8 Å². The maximum atomic E-state index is 12.4. The minimum Gasteiger partial charge on any atom is -1.00 e. The molecule has 4 rings (SSSR count). The number of nitro benzene ring substituents is 1. The van der Waals surface area contributed by atoms with Crippen LogP contribution in [0.25, 0.3) is 0 Å². The van der Waals surface area contributed by atoms with Crippen LogP contribution in [0.3, 0.4) is 0 Å². The Kier molecular flexibility index (Phi) is 19.8.